The van der Waals surface area contributed by atoms with E-state index in [2.05, 4.69) is 5.32 Å². The van der Waals surface area contributed by atoms with Gasteiger partial charge in [0.15, 0.2) is 11.3 Å². The number of imide groups is 1. The number of nitrogens with zero attached hydrogens (tertiary/aromatic N) is 1. The second-order valence-corrected chi connectivity index (χ2v) is 7.43. The first kappa shape index (κ1) is 16.9. The van der Waals surface area contributed by atoms with Gasteiger partial charge in [-0.25, -0.2) is 4.90 Å². The first-order valence-electron chi connectivity index (χ1n) is 9.02. The third-order valence-corrected chi connectivity index (χ3v) is 5.99. The minimum Gasteiger partial charge on any atom is -0.497 e. The van der Waals surface area contributed by atoms with Crippen LogP contribution in [0, 0.1) is 11.8 Å². The first-order chi connectivity index (χ1) is 13.4. The predicted octanol–water partition coefficient (Wildman–Crippen LogP) is 1.57. The van der Waals surface area contributed by atoms with Crippen LogP contribution in [0.15, 0.2) is 54.6 Å². The summed E-state index contributed by atoms with van der Waals surface area (Å²) in [5.74, 6) is -2.27. The fourth-order valence-electron chi connectivity index (χ4n) is 4.66. The molecule has 4 atom stereocenters. The number of nitrogens with one attached hydrogen (secondary N) is 1. The summed E-state index contributed by atoms with van der Waals surface area (Å²) in [5.41, 5.74) is -1.64. The second-order valence-electron chi connectivity index (χ2n) is 7.43. The maximum Gasteiger partial charge on any atom is 0.255 e. The number of anilines is 1. The third kappa shape index (κ3) is 1.89. The molecule has 5 rings (SSSR count). The Morgan fingerprint density at radius 2 is 1.61 bits per heavy atom. The maximum atomic E-state index is 13.4. The van der Waals surface area contributed by atoms with E-state index < -0.39 is 29.1 Å². The van der Waals surface area contributed by atoms with Crippen LogP contribution >= 0.6 is 0 Å². The number of fused-ring (bicyclic) bond motifs is 5. The van der Waals surface area contributed by atoms with E-state index >= 15 is 0 Å². The summed E-state index contributed by atoms with van der Waals surface area (Å²) in [5, 5.41) is 2.86. The van der Waals surface area contributed by atoms with Crippen LogP contribution in [0.5, 0.6) is 5.75 Å². The number of hydrogen-bond donors (Lipinski definition) is 1. The normalized spacial score (nSPS) is 33.2. The molecule has 7 heteroatoms. The molecular weight excluding hydrogens is 360 g/mol. The number of methoxy groups -OCH3 is 1. The van der Waals surface area contributed by atoms with Crippen molar-refractivity contribution in [2.45, 2.75) is 18.2 Å². The molecule has 0 saturated carbocycles. The van der Waals surface area contributed by atoms with Gasteiger partial charge in [-0.3, -0.25) is 14.4 Å². The summed E-state index contributed by atoms with van der Waals surface area (Å²) in [6, 6.07) is 15.7. The number of rotatable bonds is 3. The number of ether oxygens (including phenoxy) is 2. The lowest BCUT2D eigenvalue weighted by atomic mass is 9.74. The van der Waals surface area contributed by atoms with Crippen LogP contribution in [0.3, 0.4) is 0 Å². The number of benzene rings is 2. The SMILES string of the molecule is COc1ccc(N2C(=O)[C@@H]3[C@H](C2=O)[C@@]2(C)O[C@]3(c3ccccc3)NC2=O)cc1. The van der Waals surface area contributed by atoms with Gasteiger partial charge < -0.3 is 14.8 Å². The van der Waals surface area contributed by atoms with Crippen molar-refractivity contribution in [1.29, 1.82) is 0 Å². The van der Waals surface area contributed by atoms with E-state index in [4.69, 9.17) is 9.47 Å². The highest BCUT2D eigenvalue weighted by Crippen LogP contribution is 2.59. The van der Waals surface area contributed by atoms with E-state index in [1.54, 1.807) is 50.4 Å². The van der Waals surface area contributed by atoms with Crippen molar-refractivity contribution in [3.05, 3.63) is 60.2 Å². The quantitative estimate of drug-likeness (QED) is 0.820. The molecule has 2 bridgehead atoms. The van der Waals surface area contributed by atoms with Crippen LogP contribution in [0.1, 0.15) is 12.5 Å². The predicted molar refractivity (Wildman–Crippen MR) is 98.2 cm³/mol. The van der Waals surface area contributed by atoms with Crippen LogP contribution < -0.4 is 15.0 Å². The van der Waals surface area contributed by atoms with Crippen molar-refractivity contribution in [3.63, 3.8) is 0 Å². The van der Waals surface area contributed by atoms with Gasteiger partial charge in [0, 0.05) is 5.56 Å². The van der Waals surface area contributed by atoms with Crippen LogP contribution in [0.25, 0.3) is 0 Å². The fourth-order valence-corrected chi connectivity index (χ4v) is 4.66. The number of carbonyl (C=O) groups is 3. The van der Waals surface area contributed by atoms with Crippen molar-refractivity contribution in [1.82, 2.24) is 5.32 Å². The molecule has 3 aliphatic rings. The van der Waals surface area contributed by atoms with Gasteiger partial charge in [-0.15, -0.1) is 0 Å². The summed E-state index contributed by atoms with van der Waals surface area (Å²) in [6.45, 7) is 1.58. The van der Waals surface area contributed by atoms with E-state index in [1.807, 2.05) is 18.2 Å². The molecule has 3 fully saturated rings. The third-order valence-electron chi connectivity index (χ3n) is 5.99. The molecule has 0 aromatic heterocycles. The Kier molecular flexibility index (Phi) is 3.28. The highest BCUT2D eigenvalue weighted by Gasteiger charge is 2.78. The Labute approximate surface area is 161 Å². The van der Waals surface area contributed by atoms with Crippen LogP contribution in [0.2, 0.25) is 0 Å². The van der Waals surface area contributed by atoms with E-state index in [1.165, 1.54) is 0 Å². The zero-order chi connectivity index (χ0) is 19.7. The molecule has 3 amide bonds. The molecule has 2 aromatic rings. The van der Waals surface area contributed by atoms with Gasteiger partial charge in [-0.05, 0) is 31.2 Å². The number of piperidine rings is 1. The van der Waals surface area contributed by atoms with Gasteiger partial charge in [0.2, 0.25) is 11.8 Å². The second kappa shape index (κ2) is 5.42. The van der Waals surface area contributed by atoms with E-state index in [-0.39, 0.29) is 11.8 Å². The molecular formula is C21H18N2O5. The molecule has 7 nitrogen and oxygen atoms in total. The number of amides is 3. The van der Waals surface area contributed by atoms with Crippen molar-refractivity contribution >= 4 is 23.4 Å². The summed E-state index contributed by atoms with van der Waals surface area (Å²) >= 11 is 0. The average Bonchev–Trinajstić information content (AvgIpc) is 3.25. The Hall–Kier alpha value is -3.19. The standard InChI is InChI=1S/C21H18N2O5/c1-20-15-16(21(28-20,22-19(20)26)12-6-4-3-5-7-12)18(25)23(17(15)24)13-8-10-14(27-2)11-9-13/h3-11,15-16H,1-2H3,(H,22,26)/t15-,16+,20-,21+/m1/s1. The molecule has 0 aliphatic carbocycles. The van der Waals surface area contributed by atoms with Crippen LogP contribution in [-0.2, 0) is 24.8 Å². The van der Waals surface area contributed by atoms with Crippen molar-refractivity contribution < 1.29 is 23.9 Å². The summed E-state index contributed by atoms with van der Waals surface area (Å²) in [4.78, 5) is 40.6. The van der Waals surface area contributed by atoms with Crippen LogP contribution in [-0.4, -0.2) is 30.4 Å². The van der Waals surface area contributed by atoms with E-state index in [0.29, 0.717) is 17.0 Å². The molecule has 2 aromatic carbocycles. The monoisotopic (exact) mass is 378 g/mol. The molecule has 0 unspecified atom stereocenters. The lowest BCUT2D eigenvalue weighted by Gasteiger charge is -2.32. The van der Waals surface area contributed by atoms with Crippen LogP contribution in [0.4, 0.5) is 5.69 Å². The topological polar surface area (TPSA) is 84.9 Å². The summed E-state index contributed by atoms with van der Waals surface area (Å²) in [7, 11) is 1.54. The number of hydrogen-bond acceptors (Lipinski definition) is 5. The smallest absolute Gasteiger partial charge is 0.255 e. The molecule has 3 heterocycles. The van der Waals surface area contributed by atoms with Gasteiger partial charge in [0.25, 0.3) is 5.91 Å². The highest BCUT2D eigenvalue weighted by molar-refractivity contribution is 6.25. The van der Waals surface area contributed by atoms with Gasteiger partial charge >= 0.3 is 0 Å². The van der Waals surface area contributed by atoms with Gasteiger partial charge in [0.1, 0.15) is 11.7 Å². The molecule has 28 heavy (non-hydrogen) atoms. The fraction of sp³-hybridized carbons (Fsp3) is 0.286. The lowest BCUT2D eigenvalue weighted by Crippen LogP contribution is -2.55. The minimum atomic E-state index is -1.39. The van der Waals surface area contributed by atoms with Gasteiger partial charge in [0.05, 0.1) is 18.7 Å². The zero-order valence-electron chi connectivity index (χ0n) is 15.3. The van der Waals surface area contributed by atoms with Gasteiger partial charge in [-0.2, -0.15) is 0 Å². The molecule has 3 aliphatic heterocycles. The van der Waals surface area contributed by atoms with E-state index in [0.717, 1.165) is 4.90 Å². The molecule has 1 N–H and O–H groups in total. The average molecular weight is 378 g/mol. The minimum absolute atomic E-state index is 0.379. The molecule has 0 spiro atoms. The lowest BCUT2D eigenvalue weighted by molar-refractivity contribution is -0.140. The van der Waals surface area contributed by atoms with Crippen molar-refractivity contribution in [2.75, 3.05) is 12.0 Å². The largest absolute Gasteiger partial charge is 0.497 e. The zero-order valence-corrected chi connectivity index (χ0v) is 15.3. The Morgan fingerprint density at radius 3 is 2.25 bits per heavy atom. The maximum absolute atomic E-state index is 13.4. The Bertz CT molecular complexity index is 1010. The highest BCUT2D eigenvalue weighted by atomic mass is 16.6. The summed E-state index contributed by atoms with van der Waals surface area (Å²) in [6.07, 6.45) is 0. The molecule has 0 radical (unpaired) electrons. The Morgan fingerprint density at radius 1 is 0.964 bits per heavy atom. The van der Waals surface area contributed by atoms with E-state index in [9.17, 15) is 14.4 Å². The van der Waals surface area contributed by atoms with Gasteiger partial charge in [-0.1, -0.05) is 30.3 Å². The number of carbonyl (C=O) groups excluding carboxylic acids is 3. The van der Waals surface area contributed by atoms with Crippen molar-refractivity contribution in [2.24, 2.45) is 11.8 Å². The first-order valence-corrected chi connectivity index (χ1v) is 9.02. The van der Waals surface area contributed by atoms with Crippen molar-refractivity contribution in [3.8, 4) is 5.75 Å². The molecule has 3 saturated heterocycles. The Balaban J connectivity index is 1.64. The molecule has 142 valence electrons. The summed E-state index contributed by atoms with van der Waals surface area (Å²) < 4.78 is 11.3.